The molecule has 1 aromatic rings. The molecule has 2 rings (SSSR count). The quantitative estimate of drug-likeness (QED) is 0.583. The monoisotopic (exact) mass is 352 g/mol. The van der Waals surface area contributed by atoms with Gasteiger partial charge in [0.2, 0.25) is 0 Å². The highest BCUT2D eigenvalue weighted by Crippen LogP contribution is 2.16. The van der Waals surface area contributed by atoms with E-state index >= 15 is 0 Å². The highest BCUT2D eigenvalue weighted by molar-refractivity contribution is 7.11. The summed E-state index contributed by atoms with van der Waals surface area (Å²) in [5.74, 6) is 1.47. The fourth-order valence-electron chi connectivity index (χ4n) is 2.94. The maximum atomic E-state index is 5.41. The van der Waals surface area contributed by atoms with Gasteiger partial charge in [0.25, 0.3) is 0 Å². The minimum absolute atomic E-state index is 0.365. The first kappa shape index (κ1) is 19.2. The van der Waals surface area contributed by atoms with Crippen LogP contribution in [-0.2, 0) is 11.2 Å². The third-order valence-corrected chi connectivity index (χ3v) is 5.22. The molecule has 2 unspecified atom stereocenters. The van der Waals surface area contributed by atoms with Crippen molar-refractivity contribution >= 4 is 17.3 Å². The van der Waals surface area contributed by atoms with E-state index in [-0.39, 0.29) is 0 Å². The second-order valence-corrected chi connectivity index (χ2v) is 8.11. The number of rotatable bonds is 7. The normalized spacial score (nSPS) is 19.1. The topological polar surface area (TPSA) is 48.9 Å². The van der Waals surface area contributed by atoms with Gasteiger partial charge in [0.1, 0.15) is 0 Å². The van der Waals surface area contributed by atoms with Gasteiger partial charge in [-0.3, -0.25) is 9.89 Å². The molecule has 2 atom stereocenters. The molecule has 1 aliphatic rings. The van der Waals surface area contributed by atoms with Gasteiger partial charge in [-0.25, -0.2) is 0 Å². The van der Waals surface area contributed by atoms with Crippen molar-refractivity contribution in [2.24, 2.45) is 10.9 Å². The van der Waals surface area contributed by atoms with Gasteiger partial charge in [0.05, 0.1) is 13.2 Å². The molecule has 0 aromatic carbocycles. The summed E-state index contributed by atoms with van der Waals surface area (Å²) in [6.45, 7) is 12.5. The van der Waals surface area contributed by atoms with Crippen molar-refractivity contribution in [1.82, 2.24) is 15.5 Å². The van der Waals surface area contributed by atoms with Gasteiger partial charge in [0.15, 0.2) is 5.96 Å². The minimum Gasteiger partial charge on any atom is -0.379 e. The molecule has 136 valence electrons. The van der Waals surface area contributed by atoms with E-state index in [0.717, 1.165) is 51.8 Å². The molecule has 0 amide bonds. The lowest BCUT2D eigenvalue weighted by Crippen LogP contribution is -2.46. The van der Waals surface area contributed by atoms with E-state index in [1.165, 1.54) is 9.75 Å². The first-order valence-electron chi connectivity index (χ1n) is 8.89. The third-order valence-electron chi connectivity index (χ3n) is 4.20. The molecule has 1 aromatic heterocycles. The molecule has 5 nitrogen and oxygen atoms in total. The summed E-state index contributed by atoms with van der Waals surface area (Å²) in [4.78, 5) is 9.63. The summed E-state index contributed by atoms with van der Waals surface area (Å²) in [6.07, 6.45) is 1.03. The number of thiophene rings is 1. The van der Waals surface area contributed by atoms with Crippen LogP contribution in [0.3, 0.4) is 0 Å². The predicted molar refractivity (Wildman–Crippen MR) is 103 cm³/mol. The van der Waals surface area contributed by atoms with Gasteiger partial charge >= 0.3 is 0 Å². The second-order valence-electron chi connectivity index (χ2n) is 6.73. The van der Waals surface area contributed by atoms with Crippen LogP contribution in [0.15, 0.2) is 17.1 Å². The van der Waals surface area contributed by atoms with Crippen molar-refractivity contribution in [3.05, 3.63) is 21.9 Å². The SMILES string of the molecule is CN=C(NCC(C)CN1CCOCC1)NC(C)Cc1ccc(C)s1. The van der Waals surface area contributed by atoms with Crippen LogP contribution < -0.4 is 10.6 Å². The fourth-order valence-corrected chi connectivity index (χ4v) is 3.95. The largest absolute Gasteiger partial charge is 0.379 e. The molecule has 6 heteroatoms. The molecule has 0 aliphatic carbocycles. The molecule has 0 bridgehead atoms. The van der Waals surface area contributed by atoms with Crippen molar-refractivity contribution in [3.63, 3.8) is 0 Å². The van der Waals surface area contributed by atoms with E-state index in [9.17, 15) is 0 Å². The summed E-state index contributed by atoms with van der Waals surface area (Å²) < 4.78 is 5.41. The van der Waals surface area contributed by atoms with Crippen LogP contribution in [0.2, 0.25) is 0 Å². The van der Waals surface area contributed by atoms with Crippen LogP contribution >= 0.6 is 11.3 Å². The number of aryl methyl sites for hydroxylation is 1. The van der Waals surface area contributed by atoms with E-state index in [0.29, 0.717) is 12.0 Å². The van der Waals surface area contributed by atoms with Crippen LogP contribution in [0.4, 0.5) is 0 Å². The van der Waals surface area contributed by atoms with E-state index in [2.05, 4.69) is 53.4 Å². The third kappa shape index (κ3) is 6.79. The number of nitrogens with one attached hydrogen (secondary N) is 2. The first-order chi connectivity index (χ1) is 11.6. The average molecular weight is 353 g/mol. The molecule has 2 N–H and O–H groups in total. The minimum atomic E-state index is 0.365. The van der Waals surface area contributed by atoms with Crippen LogP contribution in [-0.4, -0.2) is 63.3 Å². The molecule has 1 aliphatic heterocycles. The fraction of sp³-hybridized carbons (Fsp3) is 0.722. The number of hydrogen-bond acceptors (Lipinski definition) is 4. The number of guanidine groups is 1. The van der Waals surface area contributed by atoms with Crippen LogP contribution in [0, 0.1) is 12.8 Å². The Morgan fingerprint density at radius 3 is 2.71 bits per heavy atom. The van der Waals surface area contributed by atoms with Crippen molar-refractivity contribution in [3.8, 4) is 0 Å². The van der Waals surface area contributed by atoms with Gasteiger partial charge in [-0.15, -0.1) is 11.3 Å². The lowest BCUT2D eigenvalue weighted by Gasteiger charge is -2.29. The zero-order valence-corrected chi connectivity index (χ0v) is 16.3. The number of morpholine rings is 1. The number of aliphatic imine (C=N–C) groups is 1. The smallest absolute Gasteiger partial charge is 0.191 e. The Bertz CT molecular complexity index is 511. The second kappa shape index (κ2) is 10.0. The zero-order valence-electron chi connectivity index (χ0n) is 15.5. The Hall–Kier alpha value is -1.11. The highest BCUT2D eigenvalue weighted by Gasteiger charge is 2.14. The average Bonchev–Trinajstić information content (AvgIpc) is 2.97. The molecule has 2 heterocycles. The first-order valence-corrected chi connectivity index (χ1v) is 9.71. The van der Waals surface area contributed by atoms with Crippen LogP contribution in [0.25, 0.3) is 0 Å². The van der Waals surface area contributed by atoms with Gasteiger partial charge in [-0.2, -0.15) is 0 Å². The predicted octanol–water partition coefficient (Wildman–Crippen LogP) is 2.12. The molecule has 1 saturated heterocycles. The molecular weight excluding hydrogens is 320 g/mol. The van der Waals surface area contributed by atoms with E-state index < -0.39 is 0 Å². The summed E-state index contributed by atoms with van der Waals surface area (Å²) in [5.41, 5.74) is 0. The molecule has 0 spiro atoms. The van der Waals surface area contributed by atoms with Crippen molar-refractivity contribution in [1.29, 1.82) is 0 Å². The lowest BCUT2D eigenvalue weighted by atomic mass is 10.1. The van der Waals surface area contributed by atoms with Gasteiger partial charge < -0.3 is 15.4 Å². The van der Waals surface area contributed by atoms with Gasteiger partial charge in [-0.1, -0.05) is 6.92 Å². The molecule has 24 heavy (non-hydrogen) atoms. The van der Waals surface area contributed by atoms with Crippen molar-refractivity contribution < 1.29 is 4.74 Å². The summed E-state index contributed by atoms with van der Waals surface area (Å²) >= 11 is 1.87. The lowest BCUT2D eigenvalue weighted by molar-refractivity contribution is 0.0320. The molecule has 0 radical (unpaired) electrons. The van der Waals surface area contributed by atoms with E-state index in [4.69, 9.17) is 4.74 Å². The Morgan fingerprint density at radius 2 is 2.08 bits per heavy atom. The van der Waals surface area contributed by atoms with Crippen LogP contribution in [0.5, 0.6) is 0 Å². The van der Waals surface area contributed by atoms with E-state index in [1.807, 2.05) is 18.4 Å². The van der Waals surface area contributed by atoms with Gasteiger partial charge in [0, 0.05) is 55.4 Å². The van der Waals surface area contributed by atoms with Crippen molar-refractivity contribution in [2.45, 2.75) is 33.2 Å². The highest BCUT2D eigenvalue weighted by atomic mass is 32.1. The zero-order chi connectivity index (χ0) is 17.4. The van der Waals surface area contributed by atoms with Gasteiger partial charge in [-0.05, 0) is 31.9 Å². The van der Waals surface area contributed by atoms with Crippen LogP contribution in [0.1, 0.15) is 23.6 Å². The Kier molecular flexibility index (Phi) is 8.02. The molecule has 0 saturated carbocycles. The summed E-state index contributed by atoms with van der Waals surface area (Å²) in [7, 11) is 1.84. The number of nitrogens with zero attached hydrogens (tertiary/aromatic N) is 2. The standard InChI is InChI=1S/C18H32N4OS/c1-14(13-22-7-9-23-10-8-22)12-20-18(19-4)21-15(2)11-17-6-5-16(3)24-17/h5-6,14-15H,7-13H2,1-4H3,(H2,19,20,21). The maximum Gasteiger partial charge on any atom is 0.191 e. The van der Waals surface area contributed by atoms with E-state index in [1.54, 1.807) is 0 Å². The number of ether oxygens (including phenoxy) is 1. The molecule has 1 fully saturated rings. The Labute approximate surface area is 150 Å². The summed E-state index contributed by atoms with van der Waals surface area (Å²) in [6, 6.07) is 4.77. The molecular formula is C18H32N4OS. The maximum absolute atomic E-state index is 5.41. The Balaban J connectivity index is 1.69. The summed E-state index contributed by atoms with van der Waals surface area (Å²) in [5, 5.41) is 6.96. The van der Waals surface area contributed by atoms with Crippen molar-refractivity contribution in [2.75, 3.05) is 46.4 Å². The number of hydrogen-bond donors (Lipinski definition) is 2. The Morgan fingerprint density at radius 1 is 1.33 bits per heavy atom.